The molecule has 1 atom stereocenters. The van der Waals surface area contributed by atoms with E-state index in [4.69, 9.17) is 0 Å². The molecule has 1 saturated heterocycles. The zero-order valence-electron chi connectivity index (χ0n) is 10.9. The second-order valence-corrected chi connectivity index (χ2v) is 4.37. The molecule has 1 heterocycles. The predicted octanol–water partition coefficient (Wildman–Crippen LogP) is 0.0900. The van der Waals surface area contributed by atoms with Crippen LogP contribution in [0.15, 0.2) is 0 Å². The van der Waals surface area contributed by atoms with Crippen LogP contribution < -0.4 is 16.0 Å². The fourth-order valence-corrected chi connectivity index (χ4v) is 1.69. The minimum Gasteiger partial charge on any atom is -0.329 e. The van der Waals surface area contributed by atoms with Gasteiger partial charge in [0.1, 0.15) is 6.54 Å². The van der Waals surface area contributed by atoms with Crippen LogP contribution in [0.25, 0.3) is 0 Å². The number of nitrogens with zero attached hydrogens (tertiary/aromatic N) is 1. The van der Waals surface area contributed by atoms with Crippen molar-refractivity contribution in [2.75, 3.05) is 32.7 Å². The fourth-order valence-electron chi connectivity index (χ4n) is 1.69. The molecule has 0 radical (unpaired) electrons. The van der Waals surface area contributed by atoms with Crippen molar-refractivity contribution < 1.29 is 22.8 Å². The van der Waals surface area contributed by atoms with E-state index in [0.717, 1.165) is 13.1 Å². The summed E-state index contributed by atoms with van der Waals surface area (Å²) in [7, 11) is 0. The lowest BCUT2D eigenvalue weighted by molar-refractivity contribution is -0.125. The second kappa shape index (κ2) is 8.28. The number of hydrogen-bond donors (Lipinski definition) is 3. The minimum absolute atomic E-state index is 0. The van der Waals surface area contributed by atoms with Crippen LogP contribution in [0.2, 0.25) is 0 Å². The monoisotopic (exact) mass is 318 g/mol. The molecular weight excluding hydrogens is 301 g/mol. The van der Waals surface area contributed by atoms with Gasteiger partial charge in [-0.05, 0) is 6.92 Å². The van der Waals surface area contributed by atoms with E-state index in [9.17, 15) is 22.8 Å². The molecule has 1 rings (SSSR count). The number of urea groups is 1. The van der Waals surface area contributed by atoms with Crippen LogP contribution in [-0.4, -0.2) is 61.8 Å². The van der Waals surface area contributed by atoms with Crippen molar-refractivity contribution in [2.45, 2.75) is 19.1 Å². The Hall–Kier alpha value is -1.06. The lowest BCUT2D eigenvalue weighted by Crippen LogP contribution is -2.54. The third-order valence-electron chi connectivity index (χ3n) is 2.69. The molecule has 1 aliphatic rings. The maximum absolute atomic E-state index is 11.8. The molecule has 118 valence electrons. The molecule has 0 unspecified atom stereocenters. The molecule has 1 fully saturated rings. The Morgan fingerprint density at radius 1 is 1.40 bits per heavy atom. The number of carbonyl (C=O) groups excluding carboxylic acids is 2. The fraction of sp³-hybridized carbons (Fsp3) is 0.800. The van der Waals surface area contributed by atoms with Gasteiger partial charge in [-0.25, -0.2) is 4.79 Å². The highest BCUT2D eigenvalue weighted by atomic mass is 35.5. The average Bonchev–Trinajstić information content (AvgIpc) is 2.29. The van der Waals surface area contributed by atoms with E-state index < -0.39 is 24.7 Å². The van der Waals surface area contributed by atoms with Gasteiger partial charge in [0.2, 0.25) is 5.91 Å². The maximum atomic E-state index is 11.8. The number of halogens is 4. The first-order valence-corrected chi connectivity index (χ1v) is 5.87. The molecule has 6 nitrogen and oxygen atoms in total. The number of alkyl halides is 3. The van der Waals surface area contributed by atoms with E-state index in [1.54, 1.807) is 5.32 Å². The van der Waals surface area contributed by atoms with Gasteiger partial charge in [0.25, 0.3) is 0 Å². The lowest BCUT2D eigenvalue weighted by Gasteiger charge is -2.33. The number of nitrogens with one attached hydrogen (secondary N) is 3. The van der Waals surface area contributed by atoms with E-state index in [2.05, 4.69) is 5.32 Å². The number of imide groups is 1. The first-order chi connectivity index (χ1) is 8.78. The van der Waals surface area contributed by atoms with Crippen LogP contribution in [0.3, 0.4) is 0 Å². The average molecular weight is 319 g/mol. The van der Waals surface area contributed by atoms with Gasteiger partial charge in [-0.15, -0.1) is 12.4 Å². The third kappa shape index (κ3) is 7.51. The number of carbonyl (C=O) groups is 2. The van der Waals surface area contributed by atoms with Crippen molar-refractivity contribution in [3.63, 3.8) is 0 Å². The molecular formula is C10H18ClF3N4O2. The van der Waals surface area contributed by atoms with Crippen LogP contribution in [0.4, 0.5) is 18.0 Å². The minimum atomic E-state index is -4.49. The van der Waals surface area contributed by atoms with Crippen LogP contribution in [0, 0.1) is 0 Å². The molecule has 3 amide bonds. The standard InChI is InChI=1S/C10H17F3N4O2.ClH/c1-7-4-14-2-3-17(7)5-8(18)16-9(19)15-6-10(11,12)13;/h7,14H,2-6H2,1H3,(H2,15,16,18,19);1H/t7-;/m0./s1. The summed E-state index contributed by atoms with van der Waals surface area (Å²) in [5.74, 6) is -0.617. The lowest BCUT2D eigenvalue weighted by atomic mass is 10.2. The summed E-state index contributed by atoms with van der Waals surface area (Å²) in [6, 6.07) is -0.997. The van der Waals surface area contributed by atoms with Gasteiger partial charge in [0.05, 0.1) is 6.54 Å². The van der Waals surface area contributed by atoms with Crippen LogP contribution >= 0.6 is 12.4 Å². The van der Waals surface area contributed by atoms with Crippen LogP contribution in [0.1, 0.15) is 6.92 Å². The molecule has 0 spiro atoms. The Balaban J connectivity index is 0.00000361. The van der Waals surface area contributed by atoms with Crippen LogP contribution in [-0.2, 0) is 4.79 Å². The second-order valence-electron chi connectivity index (χ2n) is 4.37. The molecule has 20 heavy (non-hydrogen) atoms. The van der Waals surface area contributed by atoms with E-state index in [-0.39, 0.29) is 25.0 Å². The summed E-state index contributed by atoms with van der Waals surface area (Å²) in [5.41, 5.74) is 0. The smallest absolute Gasteiger partial charge is 0.329 e. The molecule has 0 aromatic rings. The quantitative estimate of drug-likeness (QED) is 0.689. The number of piperazine rings is 1. The first kappa shape index (κ1) is 18.9. The van der Waals surface area contributed by atoms with Crippen molar-refractivity contribution >= 4 is 24.3 Å². The molecule has 0 aromatic heterocycles. The Morgan fingerprint density at radius 2 is 2.05 bits per heavy atom. The summed E-state index contributed by atoms with van der Waals surface area (Å²) >= 11 is 0. The number of rotatable bonds is 3. The topological polar surface area (TPSA) is 73.5 Å². The molecule has 3 N–H and O–H groups in total. The predicted molar refractivity (Wildman–Crippen MR) is 68.7 cm³/mol. The van der Waals surface area contributed by atoms with Gasteiger partial charge in [-0.3, -0.25) is 15.0 Å². The highest BCUT2D eigenvalue weighted by Crippen LogP contribution is 2.11. The molecule has 0 aliphatic carbocycles. The Kier molecular flexibility index (Phi) is 7.84. The molecule has 0 bridgehead atoms. The van der Waals surface area contributed by atoms with E-state index in [1.807, 2.05) is 17.1 Å². The summed E-state index contributed by atoms with van der Waals surface area (Å²) in [6.07, 6.45) is -4.49. The number of hydrogen-bond acceptors (Lipinski definition) is 4. The highest BCUT2D eigenvalue weighted by Gasteiger charge is 2.28. The largest absolute Gasteiger partial charge is 0.405 e. The molecule has 10 heteroatoms. The molecule has 0 aromatic carbocycles. The van der Waals surface area contributed by atoms with E-state index in [1.165, 1.54) is 0 Å². The van der Waals surface area contributed by atoms with Crippen LogP contribution in [0.5, 0.6) is 0 Å². The Labute approximate surface area is 120 Å². The summed E-state index contributed by atoms with van der Waals surface area (Å²) < 4.78 is 35.5. The van der Waals surface area contributed by atoms with Gasteiger partial charge in [0, 0.05) is 25.7 Å². The summed E-state index contributed by atoms with van der Waals surface area (Å²) in [4.78, 5) is 24.4. The number of amides is 3. The summed E-state index contributed by atoms with van der Waals surface area (Å²) in [6.45, 7) is 2.56. The van der Waals surface area contributed by atoms with Gasteiger partial charge in [0.15, 0.2) is 0 Å². The zero-order chi connectivity index (χ0) is 14.5. The van der Waals surface area contributed by atoms with E-state index >= 15 is 0 Å². The highest BCUT2D eigenvalue weighted by molar-refractivity contribution is 5.95. The van der Waals surface area contributed by atoms with Crippen molar-refractivity contribution in [2.24, 2.45) is 0 Å². The maximum Gasteiger partial charge on any atom is 0.405 e. The van der Waals surface area contributed by atoms with Gasteiger partial charge >= 0.3 is 12.2 Å². The van der Waals surface area contributed by atoms with Crippen molar-refractivity contribution in [1.82, 2.24) is 20.9 Å². The summed E-state index contributed by atoms with van der Waals surface area (Å²) in [5, 5.41) is 6.58. The van der Waals surface area contributed by atoms with Gasteiger partial charge in [-0.1, -0.05) is 0 Å². The normalized spacial score (nSPS) is 19.9. The van der Waals surface area contributed by atoms with Crippen molar-refractivity contribution in [1.29, 1.82) is 0 Å². The van der Waals surface area contributed by atoms with Crippen molar-refractivity contribution in [3.8, 4) is 0 Å². The van der Waals surface area contributed by atoms with Crippen molar-refractivity contribution in [3.05, 3.63) is 0 Å². The van der Waals surface area contributed by atoms with Gasteiger partial charge < -0.3 is 10.6 Å². The Bertz CT molecular complexity index is 341. The Morgan fingerprint density at radius 3 is 2.60 bits per heavy atom. The van der Waals surface area contributed by atoms with E-state index in [0.29, 0.717) is 6.54 Å². The first-order valence-electron chi connectivity index (χ1n) is 5.87. The molecule has 1 aliphatic heterocycles. The SMILES string of the molecule is C[C@H]1CNCCN1CC(=O)NC(=O)NCC(F)(F)F.Cl. The van der Waals surface area contributed by atoms with Gasteiger partial charge in [-0.2, -0.15) is 13.2 Å². The third-order valence-corrected chi connectivity index (χ3v) is 2.69. The molecule has 0 saturated carbocycles. The zero-order valence-corrected chi connectivity index (χ0v) is 11.7.